The summed E-state index contributed by atoms with van der Waals surface area (Å²) in [7, 11) is 0. The average molecular weight is 347 g/mol. The largest absolute Gasteiger partial charge is 0.477 e. The highest BCUT2D eigenvalue weighted by molar-refractivity contribution is 5.99. The van der Waals surface area contributed by atoms with Gasteiger partial charge in [-0.1, -0.05) is 39.5 Å². The molecule has 1 aliphatic rings. The van der Waals surface area contributed by atoms with Gasteiger partial charge in [-0.2, -0.15) is 0 Å². The molecule has 1 aliphatic heterocycles. The zero-order chi connectivity index (χ0) is 18.1. The molecule has 25 heavy (non-hydrogen) atoms. The van der Waals surface area contributed by atoms with Gasteiger partial charge in [-0.05, 0) is 31.9 Å². The van der Waals surface area contributed by atoms with Gasteiger partial charge in [-0.3, -0.25) is 4.79 Å². The van der Waals surface area contributed by atoms with Crippen LogP contribution in [-0.4, -0.2) is 41.1 Å². The molecule has 0 aliphatic carbocycles. The Labute approximate surface area is 150 Å². The Morgan fingerprint density at radius 1 is 1.24 bits per heavy atom. The maximum atomic E-state index is 12.4. The molecule has 0 radical (unpaired) electrons. The van der Waals surface area contributed by atoms with E-state index in [0.29, 0.717) is 23.9 Å². The minimum Gasteiger partial charge on any atom is -0.477 e. The fourth-order valence-corrected chi connectivity index (χ4v) is 2.87. The van der Waals surface area contributed by atoms with Gasteiger partial charge in [-0.25, -0.2) is 9.99 Å². The Kier molecular flexibility index (Phi) is 7.70. The van der Waals surface area contributed by atoms with Gasteiger partial charge < -0.3 is 9.47 Å². The molecule has 6 heteroatoms. The first kappa shape index (κ1) is 19.2. The van der Waals surface area contributed by atoms with Crippen molar-refractivity contribution < 1.29 is 14.3 Å². The molecule has 0 spiro atoms. The molecule has 0 fully saturated rings. The van der Waals surface area contributed by atoms with Crippen LogP contribution in [0.15, 0.2) is 23.4 Å². The van der Waals surface area contributed by atoms with Gasteiger partial charge in [0.2, 0.25) is 11.8 Å². The van der Waals surface area contributed by atoms with E-state index in [0.717, 1.165) is 38.5 Å². The van der Waals surface area contributed by atoms with Crippen molar-refractivity contribution >= 4 is 11.8 Å². The van der Waals surface area contributed by atoms with E-state index < -0.39 is 0 Å². The van der Waals surface area contributed by atoms with E-state index >= 15 is 0 Å². The van der Waals surface area contributed by atoms with Crippen molar-refractivity contribution in [3.05, 3.63) is 23.9 Å². The molecule has 1 aromatic rings. The zero-order valence-corrected chi connectivity index (χ0v) is 15.5. The van der Waals surface area contributed by atoms with E-state index in [-0.39, 0.29) is 18.6 Å². The fraction of sp³-hybridized carbons (Fsp3) is 0.632. The van der Waals surface area contributed by atoms with E-state index in [4.69, 9.17) is 9.47 Å². The molecule has 0 unspecified atom stereocenters. The number of aromatic nitrogens is 1. The second-order valence-electron chi connectivity index (χ2n) is 6.16. The van der Waals surface area contributed by atoms with E-state index in [2.05, 4.69) is 23.9 Å². The Morgan fingerprint density at radius 3 is 2.60 bits per heavy atom. The lowest BCUT2D eigenvalue weighted by Crippen LogP contribution is -2.43. The molecule has 2 rings (SSSR count). The van der Waals surface area contributed by atoms with Gasteiger partial charge >= 0.3 is 0 Å². The molecule has 0 atom stereocenters. The number of carbonyl (C=O) groups excluding carboxylic acids is 1. The summed E-state index contributed by atoms with van der Waals surface area (Å²) in [6.45, 7) is 6.75. The lowest BCUT2D eigenvalue weighted by molar-refractivity contribution is -0.138. The summed E-state index contributed by atoms with van der Waals surface area (Å²) in [5, 5.41) is 6.17. The fourth-order valence-electron chi connectivity index (χ4n) is 2.87. The Balaban J connectivity index is 2.27. The van der Waals surface area contributed by atoms with Gasteiger partial charge in [0, 0.05) is 6.20 Å². The molecular formula is C19H29N3O3. The summed E-state index contributed by atoms with van der Waals surface area (Å²) >= 11 is 0. The predicted octanol–water partition coefficient (Wildman–Crippen LogP) is 3.75. The third-order valence-corrected chi connectivity index (χ3v) is 4.20. The third kappa shape index (κ3) is 5.18. The Morgan fingerprint density at radius 2 is 1.96 bits per heavy atom. The first-order valence-electron chi connectivity index (χ1n) is 9.32. The first-order chi connectivity index (χ1) is 12.2. The number of hydrogen-bond acceptors (Lipinski definition) is 5. The summed E-state index contributed by atoms with van der Waals surface area (Å²) in [4.78, 5) is 16.6. The van der Waals surface area contributed by atoms with Crippen LogP contribution in [0.1, 0.15) is 64.9 Å². The third-order valence-electron chi connectivity index (χ3n) is 4.20. The van der Waals surface area contributed by atoms with Crippen LogP contribution in [-0.2, 0) is 9.53 Å². The molecule has 0 saturated heterocycles. The zero-order valence-electron chi connectivity index (χ0n) is 15.5. The lowest BCUT2D eigenvalue weighted by atomic mass is 10.0. The number of nitrogens with zero attached hydrogens (tertiary/aromatic N) is 3. The topological polar surface area (TPSA) is 64.0 Å². The van der Waals surface area contributed by atoms with Crippen LogP contribution in [0.25, 0.3) is 0 Å². The van der Waals surface area contributed by atoms with Crippen molar-refractivity contribution in [3.63, 3.8) is 0 Å². The summed E-state index contributed by atoms with van der Waals surface area (Å²) in [5.41, 5.74) is 0.687. The van der Waals surface area contributed by atoms with E-state index in [1.807, 2.05) is 19.1 Å². The van der Waals surface area contributed by atoms with Crippen LogP contribution in [0.4, 0.5) is 0 Å². The van der Waals surface area contributed by atoms with Crippen molar-refractivity contribution in [2.45, 2.75) is 65.3 Å². The number of unbranched alkanes of at least 4 members (excludes halogenated alkanes) is 2. The average Bonchev–Trinajstić information content (AvgIpc) is 2.64. The lowest BCUT2D eigenvalue weighted by Gasteiger charge is -2.31. The highest BCUT2D eigenvalue weighted by atomic mass is 16.5. The number of ether oxygens (including phenoxy) is 2. The van der Waals surface area contributed by atoms with E-state index in [9.17, 15) is 4.79 Å². The van der Waals surface area contributed by atoms with Gasteiger partial charge in [0.05, 0.1) is 12.6 Å². The number of hydrogen-bond donors (Lipinski definition) is 0. The number of rotatable bonds is 10. The maximum Gasteiger partial charge on any atom is 0.280 e. The minimum atomic E-state index is -0.0807. The number of carbonyl (C=O) groups is 1. The summed E-state index contributed by atoms with van der Waals surface area (Å²) < 4.78 is 11.2. The predicted molar refractivity (Wildman–Crippen MR) is 97.6 cm³/mol. The van der Waals surface area contributed by atoms with Gasteiger partial charge in [-0.15, -0.1) is 5.10 Å². The van der Waals surface area contributed by atoms with Crippen LogP contribution in [0.5, 0.6) is 5.88 Å². The molecule has 0 bridgehead atoms. The molecule has 138 valence electrons. The molecule has 6 nitrogen and oxygen atoms in total. The van der Waals surface area contributed by atoms with Crippen molar-refractivity contribution in [2.24, 2.45) is 5.10 Å². The first-order valence-corrected chi connectivity index (χ1v) is 9.32. The Bertz CT molecular complexity index is 581. The molecule has 0 saturated carbocycles. The molecule has 0 aromatic carbocycles. The van der Waals surface area contributed by atoms with Crippen LogP contribution in [0, 0.1) is 0 Å². The minimum absolute atomic E-state index is 0.00798. The van der Waals surface area contributed by atoms with Crippen molar-refractivity contribution in [3.8, 4) is 5.88 Å². The standard InChI is InChI=1S/C19H29N3O3/c1-4-7-10-15(11-8-5-2)22-17(23)14-25-19(21-22)16-12-9-13-20-18(16)24-6-3/h9,12-13,15H,4-8,10-11,14H2,1-3H3. The molecule has 2 heterocycles. The second kappa shape index (κ2) is 10.0. The van der Waals surface area contributed by atoms with Crippen LogP contribution >= 0.6 is 0 Å². The molecule has 0 N–H and O–H groups in total. The van der Waals surface area contributed by atoms with Crippen molar-refractivity contribution in [1.82, 2.24) is 9.99 Å². The van der Waals surface area contributed by atoms with E-state index in [1.165, 1.54) is 0 Å². The van der Waals surface area contributed by atoms with Crippen molar-refractivity contribution in [1.29, 1.82) is 0 Å². The summed E-state index contributed by atoms with van der Waals surface area (Å²) in [6, 6.07) is 3.80. The molecule has 1 amide bonds. The van der Waals surface area contributed by atoms with Crippen molar-refractivity contribution in [2.75, 3.05) is 13.2 Å². The number of pyridine rings is 1. The highest BCUT2D eigenvalue weighted by Crippen LogP contribution is 2.23. The number of hydrazone groups is 1. The van der Waals surface area contributed by atoms with Gasteiger partial charge in [0.15, 0.2) is 6.61 Å². The quantitative estimate of drug-likeness (QED) is 0.646. The smallest absolute Gasteiger partial charge is 0.280 e. The molecule has 1 aromatic heterocycles. The van der Waals surface area contributed by atoms with Crippen LogP contribution in [0.2, 0.25) is 0 Å². The van der Waals surface area contributed by atoms with Crippen LogP contribution in [0.3, 0.4) is 0 Å². The monoisotopic (exact) mass is 347 g/mol. The maximum absolute atomic E-state index is 12.4. The normalized spacial score (nSPS) is 14.5. The van der Waals surface area contributed by atoms with Gasteiger partial charge in [0.1, 0.15) is 5.56 Å². The summed E-state index contributed by atoms with van der Waals surface area (Å²) in [6.07, 6.45) is 7.98. The SMILES string of the molecule is CCCCC(CCCC)N1N=C(c2cccnc2OCC)OCC1=O. The molecular weight excluding hydrogens is 318 g/mol. The summed E-state index contributed by atoms with van der Waals surface area (Å²) in [5.74, 6) is 0.814. The highest BCUT2D eigenvalue weighted by Gasteiger charge is 2.29. The Hall–Kier alpha value is -2.11. The van der Waals surface area contributed by atoms with Gasteiger partial charge in [0.25, 0.3) is 5.91 Å². The van der Waals surface area contributed by atoms with E-state index in [1.54, 1.807) is 11.2 Å². The van der Waals surface area contributed by atoms with Crippen LogP contribution < -0.4 is 4.74 Å². The number of amides is 1. The second-order valence-corrected chi connectivity index (χ2v) is 6.16.